The molecule has 1 aromatic rings. The first-order chi connectivity index (χ1) is 13.3. The number of halogens is 1. The monoisotopic (exact) mass is 462 g/mol. The zero-order chi connectivity index (χ0) is 19.7. The standard InChI is InChI=1S/C22H27BrN2O2S/c1-13-20(18-4-3-5-19(23)9-18)28(26,27)25-21(13)24-14(2)22-10-15-6-16(11-22)8-17(7-15)12-22/h3-5,9,14-17H,6-8,10-12H2,1-2H3,(H,24,25)/t14-,15?,16?,17?,22?/m0/s1. The molecule has 0 amide bonds. The third-order valence-corrected chi connectivity index (χ3v) is 9.61. The van der Waals surface area contributed by atoms with Crippen molar-refractivity contribution in [3.05, 3.63) is 39.9 Å². The Morgan fingerprint density at radius 1 is 1.14 bits per heavy atom. The molecule has 6 heteroatoms. The van der Waals surface area contributed by atoms with Gasteiger partial charge in [0.2, 0.25) is 0 Å². The van der Waals surface area contributed by atoms with Gasteiger partial charge in [-0.15, -0.1) is 0 Å². The van der Waals surface area contributed by atoms with E-state index in [9.17, 15) is 8.42 Å². The van der Waals surface area contributed by atoms with Gasteiger partial charge in [0, 0.05) is 10.0 Å². The summed E-state index contributed by atoms with van der Waals surface area (Å²) in [7, 11) is -3.58. The lowest BCUT2D eigenvalue weighted by Crippen LogP contribution is -2.50. The molecule has 1 heterocycles. The molecule has 4 aliphatic carbocycles. The van der Waals surface area contributed by atoms with E-state index in [0.29, 0.717) is 16.3 Å². The van der Waals surface area contributed by atoms with E-state index in [4.69, 9.17) is 4.99 Å². The summed E-state index contributed by atoms with van der Waals surface area (Å²) in [6.45, 7) is 4.08. The van der Waals surface area contributed by atoms with E-state index in [-0.39, 0.29) is 11.5 Å². The van der Waals surface area contributed by atoms with E-state index in [1.54, 1.807) is 0 Å². The summed E-state index contributed by atoms with van der Waals surface area (Å²) in [6, 6.07) is 7.61. The lowest BCUT2D eigenvalue weighted by molar-refractivity contribution is -0.0633. The van der Waals surface area contributed by atoms with Gasteiger partial charge < -0.3 is 0 Å². The van der Waals surface area contributed by atoms with Crippen molar-refractivity contribution >= 4 is 36.7 Å². The van der Waals surface area contributed by atoms with Crippen LogP contribution in [-0.2, 0) is 10.0 Å². The molecule has 0 spiro atoms. The molecule has 1 aromatic carbocycles. The first-order valence-electron chi connectivity index (χ1n) is 10.3. The minimum Gasteiger partial charge on any atom is -0.264 e. The second-order valence-electron chi connectivity index (χ2n) is 9.50. The van der Waals surface area contributed by atoms with Gasteiger partial charge in [-0.1, -0.05) is 28.1 Å². The molecule has 150 valence electrons. The maximum absolute atomic E-state index is 12.9. The molecule has 0 unspecified atom stereocenters. The first kappa shape index (κ1) is 18.9. The van der Waals surface area contributed by atoms with Crippen LogP contribution in [0.2, 0.25) is 0 Å². The number of hydrogen-bond donors (Lipinski definition) is 1. The van der Waals surface area contributed by atoms with Crippen molar-refractivity contribution in [3.8, 4) is 0 Å². The smallest absolute Gasteiger partial charge is 0.264 e. The molecule has 6 rings (SSSR count). The molecule has 1 N–H and O–H groups in total. The largest absolute Gasteiger partial charge is 0.264 e. The zero-order valence-electron chi connectivity index (χ0n) is 16.4. The van der Waals surface area contributed by atoms with Crippen molar-refractivity contribution in [1.29, 1.82) is 0 Å². The molecule has 5 aliphatic rings. The third kappa shape index (κ3) is 2.98. The topological polar surface area (TPSA) is 58.5 Å². The van der Waals surface area contributed by atoms with Crippen LogP contribution in [0.3, 0.4) is 0 Å². The van der Waals surface area contributed by atoms with Gasteiger partial charge in [-0.05, 0) is 93.2 Å². The molecule has 4 saturated carbocycles. The van der Waals surface area contributed by atoms with Crippen LogP contribution >= 0.6 is 15.9 Å². The van der Waals surface area contributed by atoms with E-state index in [2.05, 4.69) is 27.6 Å². The quantitative estimate of drug-likeness (QED) is 0.677. The number of rotatable bonds is 3. The second kappa shape index (κ2) is 6.43. The Bertz CT molecular complexity index is 960. The number of nitrogens with zero attached hydrogens (tertiary/aromatic N) is 1. The highest BCUT2D eigenvalue weighted by Crippen LogP contribution is 2.61. The van der Waals surface area contributed by atoms with Gasteiger partial charge in [-0.25, -0.2) is 8.42 Å². The SMILES string of the molecule is CC1=C(c2cccc(Br)c2)S(=O)(=O)NC1=N[C@@H](C)C12CC3CC(CC(C3)C1)C2. The molecule has 0 saturated heterocycles. The number of hydrogen-bond acceptors (Lipinski definition) is 3. The van der Waals surface area contributed by atoms with Crippen LogP contribution in [0.1, 0.15) is 57.9 Å². The highest BCUT2D eigenvalue weighted by Gasteiger charge is 2.53. The van der Waals surface area contributed by atoms with Crippen LogP contribution in [0.15, 0.2) is 39.3 Å². The molecule has 4 nitrogen and oxygen atoms in total. The Morgan fingerprint density at radius 3 is 2.32 bits per heavy atom. The van der Waals surface area contributed by atoms with Crippen LogP contribution < -0.4 is 4.72 Å². The van der Waals surface area contributed by atoms with Crippen molar-refractivity contribution in [2.45, 2.75) is 58.4 Å². The normalized spacial score (nSPS) is 38.1. The number of sulfonamides is 1. The maximum atomic E-state index is 12.9. The summed E-state index contributed by atoms with van der Waals surface area (Å²) in [6.07, 6.45) is 8.02. The van der Waals surface area contributed by atoms with Crippen LogP contribution in [0.5, 0.6) is 0 Å². The van der Waals surface area contributed by atoms with Crippen LogP contribution in [0, 0.1) is 23.2 Å². The van der Waals surface area contributed by atoms with Crippen molar-refractivity contribution in [3.63, 3.8) is 0 Å². The zero-order valence-corrected chi connectivity index (χ0v) is 18.8. The fourth-order valence-corrected chi connectivity index (χ4v) is 8.61. The summed E-state index contributed by atoms with van der Waals surface area (Å²) in [4.78, 5) is 5.35. The number of aliphatic imine (C=N–C) groups is 1. The van der Waals surface area contributed by atoms with E-state index in [0.717, 1.165) is 27.8 Å². The molecular weight excluding hydrogens is 436 g/mol. The van der Waals surface area contributed by atoms with Gasteiger partial charge in [-0.2, -0.15) is 0 Å². The molecule has 1 atom stereocenters. The lowest BCUT2D eigenvalue weighted by Gasteiger charge is -2.58. The van der Waals surface area contributed by atoms with E-state index >= 15 is 0 Å². The number of nitrogens with one attached hydrogen (secondary N) is 1. The Morgan fingerprint density at radius 2 is 1.75 bits per heavy atom. The molecule has 4 bridgehead atoms. The van der Waals surface area contributed by atoms with Crippen molar-refractivity contribution in [2.75, 3.05) is 0 Å². The van der Waals surface area contributed by atoms with Crippen LogP contribution in [-0.4, -0.2) is 20.3 Å². The minimum absolute atomic E-state index is 0.149. The maximum Gasteiger partial charge on any atom is 0.264 e. The summed E-state index contributed by atoms with van der Waals surface area (Å²) >= 11 is 3.44. The number of benzene rings is 1. The fourth-order valence-electron chi connectivity index (χ4n) is 6.71. The minimum atomic E-state index is -3.58. The second-order valence-corrected chi connectivity index (χ2v) is 12.0. The van der Waals surface area contributed by atoms with Crippen LogP contribution in [0.4, 0.5) is 0 Å². The van der Waals surface area contributed by atoms with E-state index < -0.39 is 10.0 Å². The van der Waals surface area contributed by atoms with Crippen molar-refractivity contribution in [1.82, 2.24) is 4.72 Å². The van der Waals surface area contributed by atoms with Gasteiger partial charge in [0.05, 0.1) is 6.04 Å². The van der Waals surface area contributed by atoms with E-state index in [1.165, 1.54) is 38.5 Å². The Hall–Kier alpha value is -1.14. The Kier molecular flexibility index (Phi) is 4.33. The molecule has 1 aliphatic heterocycles. The van der Waals surface area contributed by atoms with E-state index in [1.807, 2.05) is 31.2 Å². The third-order valence-electron chi connectivity index (χ3n) is 7.58. The van der Waals surface area contributed by atoms with Gasteiger partial charge in [0.1, 0.15) is 10.7 Å². The highest BCUT2D eigenvalue weighted by molar-refractivity contribution is 9.10. The van der Waals surface area contributed by atoms with Crippen LogP contribution in [0.25, 0.3) is 4.91 Å². The molecule has 0 radical (unpaired) electrons. The molecule has 4 fully saturated rings. The Balaban J connectivity index is 1.50. The predicted octanol–water partition coefficient (Wildman–Crippen LogP) is 5.12. The van der Waals surface area contributed by atoms with Crippen molar-refractivity contribution in [2.24, 2.45) is 28.2 Å². The summed E-state index contributed by atoms with van der Waals surface area (Å²) in [5, 5.41) is 0. The Labute approximate surface area is 176 Å². The van der Waals surface area contributed by atoms with Gasteiger partial charge in [0.15, 0.2) is 0 Å². The average Bonchev–Trinajstić information content (AvgIpc) is 2.82. The molecule has 0 aromatic heterocycles. The fraction of sp³-hybridized carbons (Fsp3) is 0.591. The molecule has 28 heavy (non-hydrogen) atoms. The highest BCUT2D eigenvalue weighted by atomic mass is 79.9. The first-order valence-corrected chi connectivity index (χ1v) is 12.6. The predicted molar refractivity (Wildman–Crippen MR) is 116 cm³/mol. The van der Waals surface area contributed by atoms with Gasteiger partial charge in [0.25, 0.3) is 10.0 Å². The van der Waals surface area contributed by atoms with Gasteiger partial charge in [-0.3, -0.25) is 9.71 Å². The number of amidine groups is 1. The van der Waals surface area contributed by atoms with Gasteiger partial charge >= 0.3 is 0 Å². The summed E-state index contributed by atoms with van der Waals surface area (Å²) in [5.41, 5.74) is 1.70. The lowest BCUT2D eigenvalue weighted by atomic mass is 9.48. The average molecular weight is 463 g/mol. The van der Waals surface area contributed by atoms with Crippen molar-refractivity contribution < 1.29 is 8.42 Å². The summed E-state index contributed by atoms with van der Waals surface area (Å²) in [5.74, 6) is 3.13. The summed E-state index contributed by atoms with van der Waals surface area (Å²) < 4.78 is 29.3. The molecular formula is C22H27BrN2O2S.